The lowest BCUT2D eigenvalue weighted by Gasteiger charge is -2.07. The number of pyridine rings is 1. The summed E-state index contributed by atoms with van der Waals surface area (Å²) in [5.74, 6) is -0.744. The number of carbonyl (C=O) groups is 2. The molecule has 0 aliphatic carbocycles. The number of carbonyl (C=O) groups excluding carboxylic acids is 2. The van der Waals surface area contributed by atoms with E-state index < -0.39 is 11.5 Å². The highest BCUT2D eigenvalue weighted by Gasteiger charge is 2.09. The van der Waals surface area contributed by atoms with Gasteiger partial charge in [-0.15, -0.1) is 0 Å². The molecule has 0 bridgehead atoms. The van der Waals surface area contributed by atoms with Gasteiger partial charge in [-0.3, -0.25) is 14.4 Å². The van der Waals surface area contributed by atoms with E-state index in [0.717, 1.165) is 0 Å². The molecule has 7 heteroatoms. The van der Waals surface area contributed by atoms with Crippen LogP contribution in [0.2, 0.25) is 5.02 Å². The van der Waals surface area contributed by atoms with Crippen molar-refractivity contribution >= 4 is 23.4 Å². The summed E-state index contributed by atoms with van der Waals surface area (Å²) >= 11 is 5.74. The summed E-state index contributed by atoms with van der Waals surface area (Å²) in [6, 6.07) is 9.47. The van der Waals surface area contributed by atoms with Crippen molar-refractivity contribution < 1.29 is 9.59 Å². The van der Waals surface area contributed by atoms with Crippen molar-refractivity contribution in [3.63, 3.8) is 0 Å². The Bertz CT molecular complexity index is 725. The molecule has 0 aliphatic heterocycles. The van der Waals surface area contributed by atoms with Crippen molar-refractivity contribution in [1.82, 2.24) is 15.6 Å². The molecular weight excluding hydrogens is 306 g/mol. The Kier molecular flexibility index (Phi) is 5.32. The molecule has 0 fully saturated rings. The van der Waals surface area contributed by atoms with Gasteiger partial charge in [-0.25, -0.2) is 0 Å². The van der Waals surface area contributed by atoms with Gasteiger partial charge in [0.05, 0.1) is 0 Å². The third-order valence-electron chi connectivity index (χ3n) is 2.87. The molecule has 22 heavy (non-hydrogen) atoms. The van der Waals surface area contributed by atoms with Crippen molar-refractivity contribution in [3.8, 4) is 0 Å². The van der Waals surface area contributed by atoms with E-state index in [0.29, 0.717) is 10.6 Å². The molecule has 1 aromatic carbocycles. The molecule has 3 N–H and O–H groups in total. The number of H-pyrrole nitrogens is 1. The number of hydrogen-bond acceptors (Lipinski definition) is 3. The van der Waals surface area contributed by atoms with Crippen LogP contribution in [0.1, 0.15) is 20.7 Å². The summed E-state index contributed by atoms with van der Waals surface area (Å²) in [4.78, 5) is 37.4. The first-order valence-corrected chi connectivity index (χ1v) is 6.95. The average molecular weight is 320 g/mol. The van der Waals surface area contributed by atoms with Crippen molar-refractivity contribution in [1.29, 1.82) is 0 Å². The zero-order valence-electron chi connectivity index (χ0n) is 11.6. The summed E-state index contributed by atoms with van der Waals surface area (Å²) in [5, 5.41) is 5.77. The number of benzene rings is 1. The van der Waals surface area contributed by atoms with Gasteiger partial charge in [0.25, 0.3) is 17.4 Å². The van der Waals surface area contributed by atoms with Crippen LogP contribution in [0.5, 0.6) is 0 Å². The highest BCUT2D eigenvalue weighted by molar-refractivity contribution is 6.30. The summed E-state index contributed by atoms with van der Waals surface area (Å²) < 4.78 is 0. The van der Waals surface area contributed by atoms with E-state index in [2.05, 4.69) is 15.6 Å². The lowest BCUT2D eigenvalue weighted by atomic mass is 10.2. The van der Waals surface area contributed by atoms with Gasteiger partial charge in [0.2, 0.25) is 0 Å². The molecule has 0 atom stereocenters. The maximum Gasteiger partial charge on any atom is 0.260 e. The summed E-state index contributed by atoms with van der Waals surface area (Å²) in [6.45, 7) is 0.463. The Labute approximate surface area is 131 Å². The van der Waals surface area contributed by atoms with Crippen LogP contribution >= 0.6 is 11.6 Å². The molecule has 114 valence electrons. The standard InChI is InChI=1S/C15H14ClN3O3/c16-11-5-3-10(4-6-11)13(20)18-8-9-19-15(22)12-2-1-7-17-14(12)21/h1-7H,8-9H2,(H,17,21)(H,18,20)(H,19,22). The van der Waals surface area contributed by atoms with E-state index >= 15 is 0 Å². The number of aromatic nitrogens is 1. The number of hydrogen-bond donors (Lipinski definition) is 3. The van der Waals surface area contributed by atoms with Gasteiger partial charge in [0.15, 0.2) is 0 Å². The lowest BCUT2D eigenvalue weighted by molar-refractivity contribution is 0.0927. The Balaban J connectivity index is 1.79. The minimum Gasteiger partial charge on any atom is -0.350 e. The third-order valence-corrected chi connectivity index (χ3v) is 3.12. The number of amides is 2. The van der Waals surface area contributed by atoms with Gasteiger partial charge in [-0.1, -0.05) is 11.6 Å². The fourth-order valence-corrected chi connectivity index (χ4v) is 1.88. The molecular formula is C15H14ClN3O3. The highest BCUT2D eigenvalue weighted by atomic mass is 35.5. The van der Waals surface area contributed by atoms with Gasteiger partial charge in [-0.2, -0.15) is 0 Å². The van der Waals surface area contributed by atoms with Crippen LogP contribution in [0.4, 0.5) is 0 Å². The molecule has 0 spiro atoms. The second-order valence-electron chi connectivity index (χ2n) is 4.43. The molecule has 0 aliphatic rings. The van der Waals surface area contributed by atoms with E-state index in [1.54, 1.807) is 30.3 Å². The maximum atomic E-state index is 11.8. The van der Waals surface area contributed by atoms with Gasteiger partial charge < -0.3 is 15.6 Å². The molecule has 2 amide bonds. The van der Waals surface area contributed by atoms with Gasteiger partial charge in [-0.05, 0) is 36.4 Å². The SMILES string of the molecule is O=C(NCCNC(=O)c1ccc[nH]c1=O)c1ccc(Cl)cc1. The first-order valence-electron chi connectivity index (χ1n) is 6.57. The number of halogens is 1. The Hall–Kier alpha value is -2.60. The molecule has 2 aromatic rings. The van der Waals surface area contributed by atoms with E-state index in [4.69, 9.17) is 11.6 Å². The molecule has 0 radical (unpaired) electrons. The van der Waals surface area contributed by atoms with Crippen LogP contribution in [-0.2, 0) is 0 Å². The number of aromatic amines is 1. The largest absolute Gasteiger partial charge is 0.350 e. The van der Waals surface area contributed by atoms with Crippen molar-refractivity contribution in [2.24, 2.45) is 0 Å². The quantitative estimate of drug-likeness (QED) is 0.723. The van der Waals surface area contributed by atoms with Crippen LogP contribution in [0.3, 0.4) is 0 Å². The predicted octanol–water partition coefficient (Wildman–Crippen LogP) is 1.19. The topological polar surface area (TPSA) is 91.1 Å². The monoisotopic (exact) mass is 319 g/mol. The molecule has 6 nitrogen and oxygen atoms in total. The van der Waals surface area contributed by atoms with Crippen LogP contribution in [0.25, 0.3) is 0 Å². The number of nitrogens with one attached hydrogen (secondary N) is 3. The Morgan fingerprint density at radius 2 is 1.64 bits per heavy atom. The van der Waals surface area contributed by atoms with Crippen molar-refractivity contribution in [2.75, 3.05) is 13.1 Å². The second kappa shape index (κ2) is 7.42. The zero-order chi connectivity index (χ0) is 15.9. The number of rotatable bonds is 5. The Morgan fingerprint density at radius 1 is 1.00 bits per heavy atom. The molecule has 0 saturated carbocycles. The van der Waals surface area contributed by atoms with Gasteiger partial charge in [0, 0.05) is 29.9 Å². The summed E-state index contributed by atoms with van der Waals surface area (Å²) in [7, 11) is 0. The highest BCUT2D eigenvalue weighted by Crippen LogP contribution is 2.09. The second-order valence-corrected chi connectivity index (χ2v) is 4.87. The van der Waals surface area contributed by atoms with Crippen LogP contribution in [0.15, 0.2) is 47.4 Å². The Morgan fingerprint density at radius 3 is 2.27 bits per heavy atom. The van der Waals surface area contributed by atoms with Gasteiger partial charge >= 0.3 is 0 Å². The average Bonchev–Trinajstić information content (AvgIpc) is 2.52. The van der Waals surface area contributed by atoms with Crippen molar-refractivity contribution in [3.05, 3.63) is 69.1 Å². The maximum absolute atomic E-state index is 11.8. The zero-order valence-corrected chi connectivity index (χ0v) is 12.3. The lowest BCUT2D eigenvalue weighted by Crippen LogP contribution is -2.36. The van der Waals surface area contributed by atoms with E-state index in [1.807, 2.05) is 0 Å². The van der Waals surface area contributed by atoms with Gasteiger partial charge in [0.1, 0.15) is 5.56 Å². The fraction of sp³-hybridized carbons (Fsp3) is 0.133. The van der Waals surface area contributed by atoms with Crippen LogP contribution in [0, 0.1) is 0 Å². The molecule has 1 aromatic heterocycles. The van der Waals surface area contributed by atoms with Crippen LogP contribution in [-0.4, -0.2) is 29.9 Å². The van der Waals surface area contributed by atoms with Crippen LogP contribution < -0.4 is 16.2 Å². The third kappa shape index (κ3) is 4.20. The smallest absolute Gasteiger partial charge is 0.260 e. The summed E-state index contributed by atoms with van der Waals surface area (Å²) in [6.07, 6.45) is 1.45. The fourth-order valence-electron chi connectivity index (χ4n) is 1.75. The molecule has 0 saturated heterocycles. The van der Waals surface area contributed by atoms with Crippen molar-refractivity contribution in [2.45, 2.75) is 0 Å². The van der Waals surface area contributed by atoms with E-state index in [1.165, 1.54) is 12.3 Å². The first-order chi connectivity index (χ1) is 10.6. The molecule has 2 rings (SSSR count). The summed E-state index contributed by atoms with van der Waals surface area (Å²) in [5.41, 5.74) is 0.0620. The van der Waals surface area contributed by atoms with E-state index in [9.17, 15) is 14.4 Å². The minimum atomic E-state index is -0.484. The minimum absolute atomic E-state index is 0.0338. The van der Waals surface area contributed by atoms with E-state index in [-0.39, 0.29) is 24.6 Å². The normalized spacial score (nSPS) is 10.0. The molecule has 1 heterocycles. The predicted molar refractivity (Wildman–Crippen MR) is 83.2 cm³/mol. The first kappa shape index (κ1) is 15.8. The molecule has 0 unspecified atom stereocenters.